The van der Waals surface area contributed by atoms with E-state index in [4.69, 9.17) is 9.47 Å². The van der Waals surface area contributed by atoms with Gasteiger partial charge < -0.3 is 19.7 Å². The molecule has 1 saturated heterocycles. The largest absolute Gasteiger partial charge is 0.466 e. The maximum atomic E-state index is 12.5. The standard InChI is InChI=1S/C43H70O6/c1-9-10-11-12-13-14-15-16-17-20-39(45)48-27-18-19-38-36(33(4)30-44)25-26-42(8,47)43(38)29-35(49-40(43)46)28-31(2)21-24-37-32(3)22-23-34(5)41(37,6)7/h21,24,28,30,34-35,38,40,46-47H,9-20,22-23,25-27,29H2,1-8H3. The van der Waals surface area contributed by atoms with E-state index in [1.807, 2.05) is 13.8 Å². The Balaban J connectivity index is 1.66. The fourth-order valence-corrected chi connectivity index (χ4v) is 8.91. The van der Waals surface area contributed by atoms with E-state index in [9.17, 15) is 19.8 Å². The molecule has 49 heavy (non-hydrogen) atoms. The predicted molar refractivity (Wildman–Crippen MR) is 200 cm³/mol. The lowest BCUT2D eigenvalue weighted by molar-refractivity contribution is -0.219. The summed E-state index contributed by atoms with van der Waals surface area (Å²) in [5.74, 6) is 0.168. The molecule has 0 aromatic rings. The van der Waals surface area contributed by atoms with Crippen molar-refractivity contribution in [3.8, 4) is 0 Å². The summed E-state index contributed by atoms with van der Waals surface area (Å²) in [5, 5.41) is 23.6. The van der Waals surface area contributed by atoms with Crippen LogP contribution in [0.4, 0.5) is 0 Å². The first-order valence-corrected chi connectivity index (χ1v) is 19.6. The van der Waals surface area contributed by atoms with Gasteiger partial charge in [-0.25, -0.2) is 0 Å². The molecule has 0 amide bonds. The Morgan fingerprint density at radius 3 is 2.31 bits per heavy atom. The molecule has 6 heteroatoms. The first kappa shape index (κ1) is 41.4. The number of carbonyl (C=O) groups excluding carboxylic acids is 2. The number of carbonyl (C=O) groups is 2. The van der Waals surface area contributed by atoms with Crippen molar-refractivity contribution >= 4 is 12.3 Å². The van der Waals surface area contributed by atoms with Crippen molar-refractivity contribution in [2.45, 2.75) is 183 Å². The SMILES string of the molecule is CCCCCCCCCCCC(=O)OCCCC1C(=C(C)C=O)CCC(C)(O)C12CC(C=C(C)C=CC1=C(C)CCC(C)C1(C)C)OC2O. The molecule has 6 unspecified atom stereocenters. The number of ether oxygens (including phenoxy) is 2. The van der Waals surface area contributed by atoms with E-state index < -0.39 is 17.3 Å². The van der Waals surface area contributed by atoms with Crippen LogP contribution in [0.2, 0.25) is 0 Å². The quantitative estimate of drug-likeness (QED) is 0.0491. The molecule has 6 atom stereocenters. The average molecular weight is 683 g/mol. The number of aldehydes is 1. The van der Waals surface area contributed by atoms with Crippen LogP contribution in [0.5, 0.6) is 0 Å². The monoisotopic (exact) mass is 683 g/mol. The molecule has 1 spiro atoms. The van der Waals surface area contributed by atoms with Crippen LogP contribution < -0.4 is 0 Å². The summed E-state index contributed by atoms with van der Waals surface area (Å²) in [5.41, 5.74) is 3.43. The van der Waals surface area contributed by atoms with Gasteiger partial charge in [-0.05, 0) is 107 Å². The lowest BCUT2D eigenvalue weighted by atomic mass is 9.53. The first-order valence-electron chi connectivity index (χ1n) is 19.6. The molecule has 2 fully saturated rings. The molecule has 0 bridgehead atoms. The smallest absolute Gasteiger partial charge is 0.305 e. The first-order chi connectivity index (χ1) is 23.2. The number of unbranched alkanes of at least 4 members (excludes halogenated alkanes) is 8. The normalized spacial score (nSPS) is 31.5. The zero-order chi connectivity index (χ0) is 36.2. The molecule has 1 heterocycles. The van der Waals surface area contributed by atoms with Gasteiger partial charge in [-0.1, -0.05) is 114 Å². The highest BCUT2D eigenvalue weighted by atomic mass is 16.6. The Kier molecular flexibility index (Phi) is 16.1. The van der Waals surface area contributed by atoms with E-state index in [1.165, 1.54) is 62.5 Å². The van der Waals surface area contributed by atoms with Crippen LogP contribution in [0.1, 0.15) is 165 Å². The molecular weight excluding hydrogens is 612 g/mol. The summed E-state index contributed by atoms with van der Waals surface area (Å²) in [6.45, 7) is 17.5. The van der Waals surface area contributed by atoms with Crippen LogP contribution in [0, 0.1) is 22.7 Å². The number of hydrogen-bond donors (Lipinski definition) is 2. The summed E-state index contributed by atoms with van der Waals surface area (Å²) in [6.07, 6.45) is 22.0. The Bertz CT molecular complexity index is 1220. The highest BCUT2D eigenvalue weighted by Gasteiger charge is 2.64. The van der Waals surface area contributed by atoms with Gasteiger partial charge in [-0.15, -0.1) is 0 Å². The Morgan fingerprint density at radius 2 is 1.65 bits per heavy atom. The highest BCUT2D eigenvalue weighted by Crippen LogP contribution is 2.60. The maximum Gasteiger partial charge on any atom is 0.305 e. The number of allylic oxidation sites excluding steroid dienone is 7. The van der Waals surface area contributed by atoms with E-state index in [1.54, 1.807) is 0 Å². The van der Waals surface area contributed by atoms with Crippen LogP contribution in [0.25, 0.3) is 0 Å². The van der Waals surface area contributed by atoms with Gasteiger partial charge in [0.25, 0.3) is 0 Å². The topological polar surface area (TPSA) is 93.1 Å². The third kappa shape index (κ3) is 10.5. The van der Waals surface area contributed by atoms with Gasteiger partial charge >= 0.3 is 5.97 Å². The molecule has 6 nitrogen and oxygen atoms in total. The van der Waals surface area contributed by atoms with E-state index in [2.05, 4.69) is 59.8 Å². The summed E-state index contributed by atoms with van der Waals surface area (Å²) in [7, 11) is 0. The maximum absolute atomic E-state index is 12.5. The third-order valence-electron chi connectivity index (χ3n) is 12.6. The van der Waals surface area contributed by atoms with Crippen LogP contribution in [-0.4, -0.2) is 47.1 Å². The second-order valence-electron chi connectivity index (χ2n) is 16.5. The van der Waals surface area contributed by atoms with Crippen molar-refractivity contribution in [2.75, 3.05) is 6.61 Å². The minimum absolute atomic E-state index is 0.109. The summed E-state index contributed by atoms with van der Waals surface area (Å²) < 4.78 is 11.9. The number of hydrogen-bond acceptors (Lipinski definition) is 6. The number of esters is 1. The Hall–Kier alpha value is -2.02. The number of aliphatic hydroxyl groups excluding tert-OH is 1. The Morgan fingerprint density at radius 1 is 1.00 bits per heavy atom. The van der Waals surface area contributed by atoms with Gasteiger partial charge in [0, 0.05) is 6.42 Å². The second kappa shape index (κ2) is 19.0. The fourth-order valence-electron chi connectivity index (χ4n) is 8.91. The number of rotatable bonds is 18. The van der Waals surface area contributed by atoms with Crippen molar-refractivity contribution in [1.29, 1.82) is 0 Å². The van der Waals surface area contributed by atoms with Gasteiger partial charge in [-0.2, -0.15) is 0 Å². The lowest BCUT2D eigenvalue weighted by Gasteiger charge is -2.54. The minimum Gasteiger partial charge on any atom is -0.466 e. The van der Waals surface area contributed by atoms with Gasteiger partial charge in [0.05, 0.1) is 23.7 Å². The van der Waals surface area contributed by atoms with E-state index in [0.29, 0.717) is 50.0 Å². The van der Waals surface area contributed by atoms with Gasteiger partial charge in [-0.3, -0.25) is 9.59 Å². The Labute approximate surface area is 298 Å². The highest BCUT2D eigenvalue weighted by molar-refractivity contribution is 5.74. The zero-order valence-electron chi connectivity index (χ0n) is 32.4. The molecular formula is C43H70O6. The molecule has 3 rings (SSSR count). The van der Waals surface area contributed by atoms with Crippen LogP contribution in [0.3, 0.4) is 0 Å². The van der Waals surface area contributed by atoms with Crippen molar-refractivity contribution in [2.24, 2.45) is 22.7 Å². The molecule has 0 radical (unpaired) electrons. The molecule has 278 valence electrons. The molecule has 0 aromatic heterocycles. The summed E-state index contributed by atoms with van der Waals surface area (Å²) >= 11 is 0. The summed E-state index contributed by atoms with van der Waals surface area (Å²) in [4.78, 5) is 24.5. The van der Waals surface area contributed by atoms with Crippen LogP contribution in [-0.2, 0) is 19.1 Å². The van der Waals surface area contributed by atoms with Crippen molar-refractivity contribution in [3.05, 3.63) is 46.1 Å². The van der Waals surface area contributed by atoms with Crippen molar-refractivity contribution < 1.29 is 29.3 Å². The molecule has 2 N–H and O–H groups in total. The lowest BCUT2D eigenvalue weighted by Crippen LogP contribution is -2.58. The summed E-state index contributed by atoms with van der Waals surface area (Å²) in [6, 6.07) is 0. The number of aliphatic hydroxyl groups is 2. The van der Waals surface area contributed by atoms with E-state index >= 15 is 0 Å². The third-order valence-corrected chi connectivity index (χ3v) is 12.6. The zero-order valence-corrected chi connectivity index (χ0v) is 32.4. The van der Waals surface area contributed by atoms with Gasteiger partial charge in [0.2, 0.25) is 0 Å². The van der Waals surface area contributed by atoms with Crippen molar-refractivity contribution in [1.82, 2.24) is 0 Å². The van der Waals surface area contributed by atoms with Gasteiger partial charge in [0.1, 0.15) is 6.29 Å². The molecule has 3 aliphatic rings. The average Bonchev–Trinajstić information content (AvgIpc) is 3.38. The molecule has 0 aromatic carbocycles. The predicted octanol–water partition coefficient (Wildman–Crippen LogP) is 10.3. The van der Waals surface area contributed by atoms with Crippen LogP contribution >= 0.6 is 0 Å². The minimum atomic E-state index is -1.20. The molecule has 2 aliphatic carbocycles. The second-order valence-corrected chi connectivity index (χ2v) is 16.5. The molecule has 1 aliphatic heterocycles. The van der Waals surface area contributed by atoms with E-state index in [-0.39, 0.29) is 30.0 Å². The fraction of sp³-hybridized carbons (Fsp3) is 0.767. The molecule has 1 saturated carbocycles. The van der Waals surface area contributed by atoms with Crippen LogP contribution in [0.15, 0.2) is 46.1 Å². The van der Waals surface area contributed by atoms with E-state index in [0.717, 1.165) is 36.7 Å². The van der Waals surface area contributed by atoms with Gasteiger partial charge in [0.15, 0.2) is 6.29 Å². The van der Waals surface area contributed by atoms with Crippen molar-refractivity contribution in [3.63, 3.8) is 0 Å².